The lowest BCUT2D eigenvalue weighted by molar-refractivity contribution is 0.439. The summed E-state index contributed by atoms with van der Waals surface area (Å²) in [5.74, 6) is 1.16. The van der Waals surface area contributed by atoms with Crippen molar-refractivity contribution in [3.05, 3.63) is 23.8 Å². The minimum Gasteiger partial charge on any atom is -0.508 e. The summed E-state index contributed by atoms with van der Waals surface area (Å²) in [6.07, 6.45) is 1.20. The van der Waals surface area contributed by atoms with Gasteiger partial charge in [0.15, 0.2) is 0 Å². The van der Waals surface area contributed by atoms with Crippen molar-refractivity contribution in [2.75, 3.05) is 0 Å². The number of phenolic OH excluding ortho intramolecular Hbond substituents is 2. The number of hydrogen-bond acceptors (Lipinski definition) is 3. The Morgan fingerprint density at radius 2 is 2.07 bits per heavy atom. The molecule has 0 radical (unpaired) electrons. The minimum atomic E-state index is 0.0760. The zero-order chi connectivity index (χ0) is 11.0. The number of hydrogen-bond donors (Lipinski definition) is 3. The summed E-state index contributed by atoms with van der Waals surface area (Å²) in [5.41, 5.74) is 0.758. The molecular formula is C12H17NO2. The van der Waals surface area contributed by atoms with E-state index in [2.05, 4.69) is 12.2 Å². The molecule has 3 nitrogen and oxygen atoms in total. The molecule has 0 saturated heterocycles. The average molecular weight is 207 g/mol. The molecule has 1 aromatic rings. The summed E-state index contributed by atoms with van der Waals surface area (Å²) >= 11 is 0. The van der Waals surface area contributed by atoms with E-state index in [9.17, 15) is 10.2 Å². The second-order valence-corrected chi connectivity index (χ2v) is 4.45. The summed E-state index contributed by atoms with van der Waals surface area (Å²) in [6, 6.07) is 5.26. The van der Waals surface area contributed by atoms with E-state index in [4.69, 9.17) is 0 Å². The number of phenols is 2. The molecule has 1 aromatic carbocycles. The van der Waals surface area contributed by atoms with Gasteiger partial charge < -0.3 is 15.5 Å². The van der Waals surface area contributed by atoms with Gasteiger partial charge in [-0.25, -0.2) is 0 Å². The molecule has 82 valence electrons. The quantitative estimate of drug-likeness (QED) is 0.666. The van der Waals surface area contributed by atoms with Crippen LogP contribution < -0.4 is 5.32 Å². The molecule has 2 rings (SSSR count). The third kappa shape index (κ3) is 2.23. The van der Waals surface area contributed by atoms with Crippen molar-refractivity contribution in [2.45, 2.75) is 32.4 Å². The number of rotatable bonds is 3. The first kappa shape index (κ1) is 10.3. The molecule has 3 N–H and O–H groups in total. The van der Waals surface area contributed by atoms with E-state index in [0.717, 1.165) is 11.5 Å². The van der Waals surface area contributed by atoms with Crippen LogP contribution in [0.3, 0.4) is 0 Å². The molecule has 3 unspecified atom stereocenters. The lowest BCUT2D eigenvalue weighted by Gasteiger charge is -2.15. The van der Waals surface area contributed by atoms with E-state index in [-0.39, 0.29) is 17.5 Å². The van der Waals surface area contributed by atoms with Crippen LogP contribution in [0, 0.1) is 5.92 Å². The van der Waals surface area contributed by atoms with Gasteiger partial charge in [-0.15, -0.1) is 0 Å². The van der Waals surface area contributed by atoms with Crippen molar-refractivity contribution in [2.24, 2.45) is 5.92 Å². The second-order valence-electron chi connectivity index (χ2n) is 4.45. The standard InChI is InChI=1S/C12H17NO2/c1-7-5-11(7)13-8(2)10-6-9(14)3-4-12(10)15/h3-4,6-8,11,13-15H,5H2,1-2H3. The molecule has 3 atom stereocenters. The molecule has 1 aliphatic rings. The van der Waals surface area contributed by atoms with Crippen LogP contribution in [0.4, 0.5) is 0 Å². The first-order chi connectivity index (χ1) is 7.08. The predicted molar refractivity (Wildman–Crippen MR) is 58.9 cm³/mol. The van der Waals surface area contributed by atoms with Gasteiger partial charge >= 0.3 is 0 Å². The Kier molecular flexibility index (Phi) is 2.57. The predicted octanol–water partition coefficient (Wildman–Crippen LogP) is 2.16. The van der Waals surface area contributed by atoms with Gasteiger partial charge in [0.1, 0.15) is 11.5 Å². The highest BCUT2D eigenvalue weighted by Crippen LogP contribution is 2.34. The molecule has 0 amide bonds. The van der Waals surface area contributed by atoms with Gasteiger partial charge in [0.2, 0.25) is 0 Å². The third-order valence-corrected chi connectivity index (χ3v) is 3.05. The summed E-state index contributed by atoms with van der Waals surface area (Å²) in [4.78, 5) is 0. The number of nitrogens with one attached hydrogen (secondary N) is 1. The van der Waals surface area contributed by atoms with Gasteiger partial charge in [-0.1, -0.05) is 6.92 Å². The first-order valence-electron chi connectivity index (χ1n) is 5.36. The number of benzene rings is 1. The van der Waals surface area contributed by atoms with E-state index in [1.807, 2.05) is 6.92 Å². The Balaban J connectivity index is 2.10. The molecule has 0 aliphatic heterocycles. The third-order valence-electron chi connectivity index (χ3n) is 3.05. The fourth-order valence-corrected chi connectivity index (χ4v) is 1.85. The van der Waals surface area contributed by atoms with Crippen LogP contribution in [0.5, 0.6) is 11.5 Å². The van der Waals surface area contributed by atoms with Crippen LogP contribution in [0.1, 0.15) is 31.9 Å². The van der Waals surface area contributed by atoms with Crippen LogP contribution in [0.2, 0.25) is 0 Å². The van der Waals surface area contributed by atoms with Crippen LogP contribution in [0.15, 0.2) is 18.2 Å². The first-order valence-corrected chi connectivity index (χ1v) is 5.36. The highest BCUT2D eigenvalue weighted by atomic mass is 16.3. The van der Waals surface area contributed by atoms with Gasteiger partial charge in [0.05, 0.1) is 0 Å². The second kappa shape index (κ2) is 3.74. The molecule has 1 fully saturated rings. The number of aromatic hydroxyl groups is 2. The van der Waals surface area contributed by atoms with Crippen molar-refractivity contribution < 1.29 is 10.2 Å². The topological polar surface area (TPSA) is 52.5 Å². The van der Waals surface area contributed by atoms with E-state index >= 15 is 0 Å². The highest BCUT2D eigenvalue weighted by molar-refractivity contribution is 5.40. The molecular weight excluding hydrogens is 190 g/mol. The maximum absolute atomic E-state index is 9.65. The van der Waals surface area contributed by atoms with Crippen molar-refractivity contribution in [3.63, 3.8) is 0 Å². The summed E-state index contributed by atoms with van der Waals surface area (Å²) < 4.78 is 0. The Bertz CT molecular complexity index is 365. The SMILES string of the molecule is CC(NC1CC1C)c1cc(O)ccc1O. The zero-order valence-corrected chi connectivity index (χ0v) is 9.07. The van der Waals surface area contributed by atoms with Gasteiger partial charge in [0.25, 0.3) is 0 Å². The van der Waals surface area contributed by atoms with Gasteiger partial charge in [-0.2, -0.15) is 0 Å². The Hall–Kier alpha value is -1.22. The molecule has 3 heteroatoms. The van der Waals surface area contributed by atoms with Gasteiger partial charge in [-0.05, 0) is 37.5 Å². The van der Waals surface area contributed by atoms with Crippen molar-refractivity contribution in [1.82, 2.24) is 5.32 Å². The van der Waals surface area contributed by atoms with E-state index < -0.39 is 0 Å². The summed E-state index contributed by atoms with van der Waals surface area (Å²) in [7, 11) is 0. The van der Waals surface area contributed by atoms with Crippen LogP contribution in [-0.4, -0.2) is 16.3 Å². The maximum Gasteiger partial charge on any atom is 0.120 e. The molecule has 0 bridgehead atoms. The molecule has 15 heavy (non-hydrogen) atoms. The Labute approximate surface area is 89.8 Å². The highest BCUT2D eigenvalue weighted by Gasteiger charge is 2.33. The van der Waals surface area contributed by atoms with Crippen LogP contribution in [-0.2, 0) is 0 Å². The van der Waals surface area contributed by atoms with Gasteiger partial charge in [-0.3, -0.25) is 0 Å². The molecule has 0 aromatic heterocycles. The van der Waals surface area contributed by atoms with E-state index in [1.54, 1.807) is 6.07 Å². The molecule has 0 spiro atoms. The van der Waals surface area contributed by atoms with Crippen molar-refractivity contribution >= 4 is 0 Å². The summed E-state index contributed by atoms with van der Waals surface area (Å²) in [5, 5.41) is 22.4. The van der Waals surface area contributed by atoms with Crippen LogP contribution in [0.25, 0.3) is 0 Å². The Morgan fingerprint density at radius 1 is 1.40 bits per heavy atom. The van der Waals surface area contributed by atoms with E-state index in [0.29, 0.717) is 6.04 Å². The van der Waals surface area contributed by atoms with Crippen LogP contribution >= 0.6 is 0 Å². The summed E-state index contributed by atoms with van der Waals surface area (Å²) in [6.45, 7) is 4.20. The normalized spacial score (nSPS) is 26.3. The van der Waals surface area contributed by atoms with Gasteiger partial charge in [0, 0.05) is 17.6 Å². The molecule has 1 aliphatic carbocycles. The fraction of sp³-hybridized carbons (Fsp3) is 0.500. The monoisotopic (exact) mass is 207 g/mol. The Morgan fingerprint density at radius 3 is 2.67 bits per heavy atom. The lowest BCUT2D eigenvalue weighted by Crippen LogP contribution is -2.22. The maximum atomic E-state index is 9.65. The molecule has 0 heterocycles. The lowest BCUT2D eigenvalue weighted by atomic mass is 10.1. The zero-order valence-electron chi connectivity index (χ0n) is 9.07. The van der Waals surface area contributed by atoms with Crippen molar-refractivity contribution in [1.29, 1.82) is 0 Å². The van der Waals surface area contributed by atoms with Crippen molar-refractivity contribution in [3.8, 4) is 11.5 Å². The van der Waals surface area contributed by atoms with E-state index in [1.165, 1.54) is 18.6 Å². The smallest absolute Gasteiger partial charge is 0.120 e. The minimum absolute atomic E-state index is 0.0760. The largest absolute Gasteiger partial charge is 0.508 e. The average Bonchev–Trinajstić information content (AvgIpc) is 2.86. The molecule has 1 saturated carbocycles. The fourth-order valence-electron chi connectivity index (χ4n) is 1.85.